The van der Waals surface area contributed by atoms with Crippen LogP contribution in [0.25, 0.3) is 0 Å². The molecular formula is C53H98O12S. The Kier molecular flexibility index (Phi) is 40.7. The quantitative estimate of drug-likeness (QED) is 0.0196. The van der Waals surface area contributed by atoms with Gasteiger partial charge in [0.15, 0.2) is 12.4 Å². The number of ether oxygens (including phenoxy) is 4. The SMILES string of the molecule is CCCCCCC/C=C\C/C=C\CCCCCCCCCCCCCC(=O)OC(COC(=O)CCCCCCCCCCCCCCCCC)COC1OC(CS(=O)(=O)O)C(O)C(O)C1O. The van der Waals surface area contributed by atoms with E-state index in [0.717, 1.165) is 44.9 Å². The summed E-state index contributed by atoms with van der Waals surface area (Å²) in [5.41, 5.74) is 0. The lowest BCUT2D eigenvalue weighted by Gasteiger charge is -2.40. The second kappa shape index (κ2) is 43.2. The molecule has 4 N–H and O–H groups in total. The largest absolute Gasteiger partial charge is 0.462 e. The molecule has 388 valence electrons. The molecule has 6 unspecified atom stereocenters. The van der Waals surface area contributed by atoms with Crippen molar-refractivity contribution in [1.82, 2.24) is 0 Å². The first-order valence-electron chi connectivity index (χ1n) is 26.9. The maximum absolute atomic E-state index is 12.9. The standard InChI is InChI=1S/C53H98O12S/c1-3-5-7-9-11-13-15-17-19-20-21-22-23-24-25-26-28-30-32-34-36-38-40-42-49(55)64-46(44-63-53-52(58)51(57)50(56)47(65-53)45-66(59,60)61)43-62-48(54)41-39-37-35-33-31-29-27-18-16-14-12-10-8-6-4-2/h15,17,20-21,46-47,50-53,56-58H,3-14,16,18-19,22-45H2,1-2H3,(H,59,60,61)/b17-15-,21-20-. The highest BCUT2D eigenvalue weighted by atomic mass is 32.2. The van der Waals surface area contributed by atoms with Crippen LogP contribution >= 0.6 is 0 Å². The number of carbonyl (C=O) groups is 2. The van der Waals surface area contributed by atoms with E-state index in [1.807, 2.05) is 0 Å². The van der Waals surface area contributed by atoms with Crippen molar-refractivity contribution in [1.29, 1.82) is 0 Å². The minimum Gasteiger partial charge on any atom is -0.462 e. The highest BCUT2D eigenvalue weighted by Crippen LogP contribution is 2.24. The summed E-state index contributed by atoms with van der Waals surface area (Å²) in [5.74, 6) is -1.97. The van der Waals surface area contributed by atoms with Crippen molar-refractivity contribution in [3.63, 3.8) is 0 Å². The van der Waals surface area contributed by atoms with E-state index < -0.39 is 71.2 Å². The average Bonchev–Trinajstić information content (AvgIpc) is 3.28. The van der Waals surface area contributed by atoms with Gasteiger partial charge in [0.05, 0.1) is 6.61 Å². The van der Waals surface area contributed by atoms with Crippen LogP contribution in [0, 0.1) is 0 Å². The zero-order valence-corrected chi connectivity index (χ0v) is 42.6. The predicted molar refractivity (Wildman–Crippen MR) is 266 cm³/mol. The molecule has 0 spiro atoms. The molecule has 0 aromatic carbocycles. The normalized spacial score (nSPS) is 19.5. The van der Waals surface area contributed by atoms with Crippen LogP contribution in [0.2, 0.25) is 0 Å². The summed E-state index contributed by atoms with van der Waals surface area (Å²) < 4.78 is 54.3. The van der Waals surface area contributed by atoms with Gasteiger partial charge in [-0.25, -0.2) is 0 Å². The molecule has 1 fully saturated rings. The Hall–Kier alpha value is -1.87. The van der Waals surface area contributed by atoms with E-state index in [-0.39, 0.29) is 19.4 Å². The summed E-state index contributed by atoms with van der Waals surface area (Å²) in [6.07, 6.45) is 40.7. The Morgan fingerprint density at radius 3 is 1.33 bits per heavy atom. The van der Waals surface area contributed by atoms with Gasteiger partial charge in [0.25, 0.3) is 10.1 Å². The van der Waals surface area contributed by atoms with Crippen LogP contribution in [-0.4, -0.2) is 96.0 Å². The molecule has 0 amide bonds. The van der Waals surface area contributed by atoms with Gasteiger partial charge in [0.1, 0.15) is 36.8 Å². The number of rotatable bonds is 46. The molecule has 66 heavy (non-hydrogen) atoms. The smallest absolute Gasteiger partial charge is 0.306 e. The topological polar surface area (TPSA) is 186 Å². The molecule has 12 nitrogen and oxygen atoms in total. The Bertz CT molecular complexity index is 1310. The predicted octanol–water partition coefficient (Wildman–Crippen LogP) is 12.3. The van der Waals surface area contributed by atoms with E-state index in [2.05, 4.69) is 38.2 Å². The lowest BCUT2D eigenvalue weighted by Crippen LogP contribution is -2.60. The van der Waals surface area contributed by atoms with Crippen LogP contribution in [0.5, 0.6) is 0 Å². The Labute approximate surface area is 402 Å². The van der Waals surface area contributed by atoms with E-state index >= 15 is 0 Å². The van der Waals surface area contributed by atoms with Gasteiger partial charge >= 0.3 is 11.9 Å². The van der Waals surface area contributed by atoms with Crippen molar-refractivity contribution in [3.05, 3.63) is 24.3 Å². The van der Waals surface area contributed by atoms with Gasteiger partial charge in [-0.1, -0.05) is 212 Å². The summed E-state index contributed by atoms with van der Waals surface area (Å²) in [4.78, 5) is 25.5. The van der Waals surface area contributed by atoms with Gasteiger partial charge in [-0.05, 0) is 44.9 Å². The zero-order chi connectivity index (χ0) is 48.4. The maximum atomic E-state index is 12.9. The molecule has 0 bridgehead atoms. The number of esters is 2. The number of allylic oxidation sites excluding steroid dienone is 4. The first-order valence-corrected chi connectivity index (χ1v) is 28.5. The first kappa shape index (κ1) is 62.1. The van der Waals surface area contributed by atoms with Crippen LogP contribution in [0.4, 0.5) is 0 Å². The number of aliphatic hydroxyl groups is 3. The monoisotopic (exact) mass is 959 g/mol. The van der Waals surface area contributed by atoms with Gasteiger partial charge in [-0.2, -0.15) is 8.42 Å². The van der Waals surface area contributed by atoms with E-state index in [9.17, 15) is 37.9 Å². The van der Waals surface area contributed by atoms with Gasteiger partial charge in [0, 0.05) is 12.8 Å². The molecule has 1 heterocycles. The third kappa shape index (κ3) is 37.1. The molecule has 1 aliphatic heterocycles. The summed E-state index contributed by atoms with van der Waals surface area (Å²) in [7, 11) is -4.60. The molecule has 0 radical (unpaired) electrons. The Balaban J connectivity index is 2.33. The minimum absolute atomic E-state index is 0.165. The Morgan fingerprint density at radius 2 is 0.909 bits per heavy atom. The second-order valence-corrected chi connectivity index (χ2v) is 20.4. The fourth-order valence-corrected chi connectivity index (χ4v) is 9.05. The van der Waals surface area contributed by atoms with E-state index in [1.165, 1.54) is 161 Å². The molecule has 13 heteroatoms. The molecule has 0 aliphatic carbocycles. The highest BCUT2D eigenvalue weighted by Gasteiger charge is 2.46. The van der Waals surface area contributed by atoms with E-state index in [4.69, 9.17) is 18.9 Å². The van der Waals surface area contributed by atoms with Gasteiger partial charge in [-0.3, -0.25) is 14.1 Å². The fourth-order valence-electron chi connectivity index (χ4n) is 8.36. The molecular weight excluding hydrogens is 861 g/mol. The number of aliphatic hydroxyl groups excluding tert-OH is 3. The summed E-state index contributed by atoms with van der Waals surface area (Å²) in [6.45, 7) is 3.79. The van der Waals surface area contributed by atoms with Crippen molar-refractivity contribution in [3.8, 4) is 0 Å². The summed E-state index contributed by atoms with van der Waals surface area (Å²) >= 11 is 0. The molecule has 1 aliphatic rings. The highest BCUT2D eigenvalue weighted by molar-refractivity contribution is 7.85. The fraction of sp³-hybridized carbons (Fsp3) is 0.887. The molecule has 0 saturated carbocycles. The van der Waals surface area contributed by atoms with Gasteiger partial charge < -0.3 is 34.3 Å². The molecule has 0 aromatic rings. The van der Waals surface area contributed by atoms with E-state index in [1.54, 1.807) is 0 Å². The first-order chi connectivity index (χ1) is 32.0. The lowest BCUT2D eigenvalue weighted by atomic mass is 10.00. The van der Waals surface area contributed by atoms with E-state index in [0.29, 0.717) is 12.8 Å². The number of unbranched alkanes of at least 4 members (excludes halogenated alkanes) is 30. The molecule has 0 aromatic heterocycles. The number of carbonyl (C=O) groups excluding carboxylic acids is 2. The van der Waals surface area contributed by atoms with Crippen LogP contribution in [0.15, 0.2) is 24.3 Å². The average molecular weight is 959 g/mol. The summed E-state index contributed by atoms with van der Waals surface area (Å²) in [6, 6.07) is 0. The maximum Gasteiger partial charge on any atom is 0.306 e. The van der Waals surface area contributed by atoms with Crippen molar-refractivity contribution >= 4 is 22.1 Å². The number of hydrogen-bond acceptors (Lipinski definition) is 11. The minimum atomic E-state index is -4.60. The third-order valence-corrected chi connectivity index (χ3v) is 13.3. The zero-order valence-electron chi connectivity index (χ0n) is 41.8. The Morgan fingerprint density at radius 1 is 0.515 bits per heavy atom. The number of hydrogen-bond donors (Lipinski definition) is 4. The van der Waals surface area contributed by atoms with Crippen LogP contribution in [-0.2, 0) is 38.7 Å². The van der Waals surface area contributed by atoms with Crippen molar-refractivity contribution in [2.45, 2.75) is 282 Å². The molecule has 1 saturated heterocycles. The second-order valence-electron chi connectivity index (χ2n) is 18.9. The van der Waals surface area contributed by atoms with Crippen LogP contribution in [0.3, 0.4) is 0 Å². The molecule has 1 rings (SSSR count). The van der Waals surface area contributed by atoms with Crippen molar-refractivity contribution in [2.24, 2.45) is 0 Å². The lowest BCUT2D eigenvalue weighted by molar-refractivity contribution is -0.297. The summed E-state index contributed by atoms with van der Waals surface area (Å²) in [5, 5.41) is 31.0. The van der Waals surface area contributed by atoms with Crippen LogP contribution in [0.1, 0.15) is 245 Å². The molecule has 6 atom stereocenters. The van der Waals surface area contributed by atoms with Crippen molar-refractivity contribution in [2.75, 3.05) is 19.0 Å². The van der Waals surface area contributed by atoms with Crippen molar-refractivity contribution < 1.29 is 56.8 Å². The van der Waals surface area contributed by atoms with Gasteiger partial charge in [-0.15, -0.1) is 0 Å². The van der Waals surface area contributed by atoms with Gasteiger partial charge in [0.2, 0.25) is 0 Å². The van der Waals surface area contributed by atoms with Crippen LogP contribution < -0.4 is 0 Å². The third-order valence-electron chi connectivity index (χ3n) is 12.5.